The van der Waals surface area contributed by atoms with Crippen LogP contribution in [0.15, 0.2) is 23.0 Å². The Hall–Kier alpha value is -2.21. The summed E-state index contributed by atoms with van der Waals surface area (Å²) in [6.45, 7) is 6.37. The quantitative estimate of drug-likeness (QED) is 0.929. The van der Waals surface area contributed by atoms with Gasteiger partial charge in [0, 0.05) is 44.0 Å². The second kappa shape index (κ2) is 6.36. The van der Waals surface area contributed by atoms with Crippen LogP contribution in [0, 0.1) is 6.92 Å². The molecule has 126 valence electrons. The summed E-state index contributed by atoms with van der Waals surface area (Å²) in [7, 11) is 0. The Morgan fingerprint density at radius 3 is 2.79 bits per heavy atom. The summed E-state index contributed by atoms with van der Waals surface area (Å²) in [5.74, 6) is 0.742. The van der Waals surface area contributed by atoms with Gasteiger partial charge in [-0.15, -0.1) is 0 Å². The molecule has 0 bridgehead atoms. The minimum Gasteiger partial charge on any atom is -0.342 e. The van der Waals surface area contributed by atoms with Gasteiger partial charge in [0.15, 0.2) is 0 Å². The number of rotatable bonds is 3. The van der Waals surface area contributed by atoms with Crippen molar-refractivity contribution in [2.45, 2.75) is 39.3 Å². The van der Waals surface area contributed by atoms with Crippen molar-refractivity contribution in [1.29, 1.82) is 0 Å². The highest BCUT2D eigenvalue weighted by atomic mass is 16.1. The minimum atomic E-state index is 0.0373. The summed E-state index contributed by atoms with van der Waals surface area (Å²) in [4.78, 5) is 29.2. The summed E-state index contributed by atoms with van der Waals surface area (Å²) in [5.41, 5.74) is 3.93. The van der Waals surface area contributed by atoms with Gasteiger partial charge in [-0.3, -0.25) is 19.7 Å². The van der Waals surface area contributed by atoms with Gasteiger partial charge in [-0.1, -0.05) is 6.07 Å². The number of aromatic nitrogens is 3. The molecular weight excluding hydrogens is 302 g/mol. The van der Waals surface area contributed by atoms with Crippen molar-refractivity contribution in [3.8, 4) is 0 Å². The topological polar surface area (TPSA) is 65.1 Å². The van der Waals surface area contributed by atoms with E-state index in [4.69, 9.17) is 4.98 Å². The zero-order chi connectivity index (χ0) is 16.5. The third-order valence-corrected chi connectivity index (χ3v) is 4.88. The van der Waals surface area contributed by atoms with Crippen molar-refractivity contribution in [2.75, 3.05) is 24.5 Å². The van der Waals surface area contributed by atoms with E-state index in [9.17, 15) is 4.79 Å². The lowest BCUT2D eigenvalue weighted by Gasteiger charge is -2.28. The molecule has 0 aliphatic carbocycles. The van der Waals surface area contributed by atoms with Crippen LogP contribution in [0.2, 0.25) is 0 Å². The molecule has 1 saturated heterocycles. The maximum atomic E-state index is 12.4. The highest BCUT2D eigenvalue weighted by Gasteiger charge is 2.23. The van der Waals surface area contributed by atoms with E-state index < -0.39 is 0 Å². The molecule has 6 heteroatoms. The maximum absolute atomic E-state index is 12.4. The second-order valence-corrected chi connectivity index (χ2v) is 6.74. The fourth-order valence-electron chi connectivity index (χ4n) is 3.61. The summed E-state index contributed by atoms with van der Waals surface area (Å²) < 4.78 is 0. The van der Waals surface area contributed by atoms with Crippen LogP contribution in [0.25, 0.3) is 0 Å². The van der Waals surface area contributed by atoms with Crippen LogP contribution >= 0.6 is 0 Å². The predicted octanol–water partition coefficient (Wildman–Crippen LogP) is 1.63. The molecule has 4 rings (SSSR count). The van der Waals surface area contributed by atoms with Gasteiger partial charge < -0.3 is 4.90 Å². The lowest BCUT2D eigenvalue weighted by molar-refractivity contribution is 0.237. The molecule has 2 aromatic heterocycles. The van der Waals surface area contributed by atoms with E-state index in [1.54, 1.807) is 0 Å². The maximum Gasteiger partial charge on any atom is 0.255 e. The SMILES string of the molecule is Cc1cccc(CN2CCc3c(nc(N4CCCC4)[nH]c3=O)C2)n1. The number of nitrogens with zero attached hydrogens (tertiary/aromatic N) is 4. The van der Waals surface area contributed by atoms with E-state index in [0.29, 0.717) is 0 Å². The monoisotopic (exact) mass is 325 g/mol. The Morgan fingerprint density at radius 2 is 2.00 bits per heavy atom. The first-order valence-electron chi connectivity index (χ1n) is 8.71. The van der Waals surface area contributed by atoms with Crippen LogP contribution in [-0.4, -0.2) is 39.5 Å². The van der Waals surface area contributed by atoms with Crippen LogP contribution in [0.1, 0.15) is 35.5 Å². The average Bonchev–Trinajstić information content (AvgIpc) is 3.09. The number of fused-ring (bicyclic) bond motifs is 1. The standard InChI is InChI=1S/C18H23N5O/c1-13-5-4-6-14(19-13)11-22-10-7-15-16(12-22)20-18(21-17(15)24)23-8-2-3-9-23/h4-6H,2-3,7-12H2,1H3,(H,20,21,24). The number of aromatic amines is 1. The van der Waals surface area contributed by atoms with E-state index in [2.05, 4.69) is 25.8 Å². The fourth-order valence-corrected chi connectivity index (χ4v) is 3.61. The number of nitrogens with one attached hydrogen (secondary N) is 1. The molecule has 2 aliphatic heterocycles. The summed E-state index contributed by atoms with van der Waals surface area (Å²) >= 11 is 0. The summed E-state index contributed by atoms with van der Waals surface area (Å²) in [6.07, 6.45) is 3.10. The first-order valence-corrected chi connectivity index (χ1v) is 8.71. The number of hydrogen-bond donors (Lipinski definition) is 1. The fraction of sp³-hybridized carbons (Fsp3) is 0.500. The van der Waals surface area contributed by atoms with Crippen molar-refractivity contribution < 1.29 is 0 Å². The van der Waals surface area contributed by atoms with E-state index >= 15 is 0 Å². The Labute approximate surface area is 141 Å². The van der Waals surface area contributed by atoms with Crippen LogP contribution in [0.5, 0.6) is 0 Å². The molecule has 2 aliphatic rings. The molecule has 0 amide bonds. The first-order chi connectivity index (χ1) is 11.7. The Morgan fingerprint density at radius 1 is 1.17 bits per heavy atom. The molecule has 6 nitrogen and oxygen atoms in total. The minimum absolute atomic E-state index is 0.0373. The van der Waals surface area contributed by atoms with Crippen LogP contribution in [0.4, 0.5) is 5.95 Å². The highest BCUT2D eigenvalue weighted by Crippen LogP contribution is 2.20. The Bertz CT molecular complexity index is 794. The molecule has 1 N–H and O–H groups in total. The number of pyridine rings is 1. The van der Waals surface area contributed by atoms with Crippen molar-refractivity contribution in [3.63, 3.8) is 0 Å². The smallest absolute Gasteiger partial charge is 0.255 e. The van der Waals surface area contributed by atoms with Crippen molar-refractivity contribution in [2.24, 2.45) is 0 Å². The van der Waals surface area contributed by atoms with E-state index in [0.717, 1.165) is 67.7 Å². The third kappa shape index (κ3) is 3.06. The molecule has 0 radical (unpaired) electrons. The lowest BCUT2D eigenvalue weighted by Crippen LogP contribution is -2.36. The summed E-state index contributed by atoms with van der Waals surface area (Å²) in [5, 5.41) is 0. The molecule has 0 aromatic carbocycles. The van der Waals surface area contributed by atoms with Crippen LogP contribution < -0.4 is 10.5 Å². The molecule has 24 heavy (non-hydrogen) atoms. The van der Waals surface area contributed by atoms with E-state index in [-0.39, 0.29) is 5.56 Å². The molecule has 0 spiro atoms. The van der Waals surface area contributed by atoms with Gasteiger partial charge >= 0.3 is 0 Å². The molecule has 1 fully saturated rings. The van der Waals surface area contributed by atoms with Gasteiger partial charge in [0.1, 0.15) is 0 Å². The Balaban J connectivity index is 1.56. The van der Waals surface area contributed by atoms with Crippen LogP contribution in [-0.2, 0) is 19.5 Å². The number of H-pyrrole nitrogens is 1. The molecular formula is C18H23N5O. The van der Waals surface area contributed by atoms with Crippen molar-refractivity contribution in [1.82, 2.24) is 19.9 Å². The largest absolute Gasteiger partial charge is 0.342 e. The van der Waals surface area contributed by atoms with Gasteiger partial charge in [-0.05, 0) is 38.3 Å². The van der Waals surface area contributed by atoms with Gasteiger partial charge in [0.2, 0.25) is 5.95 Å². The molecule has 0 saturated carbocycles. The van der Waals surface area contributed by atoms with Gasteiger partial charge in [0.25, 0.3) is 5.56 Å². The van der Waals surface area contributed by atoms with Crippen LogP contribution in [0.3, 0.4) is 0 Å². The first kappa shape index (κ1) is 15.3. The van der Waals surface area contributed by atoms with E-state index in [1.807, 2.05) is 19.1 Å². The third-order valence-electron chi connectivity index (χ3n) is 4.88. The lowest BCUT2D eigenvalue weighted by atomic mass is 10.1. The van der Waals surface area contributed by atoms with Gasteiger partial charge in [-0.2, -0.15) is 0 Å². The zero-order valence-electron chi connectivity index (χ0n) is 14.1. The number of aryl methyl sites for hydroxylation is 1. The van der Waals surface area contributed by atoms with Gasteiger partial charge in [-0.25, -0.2) is 4.98 Å². The van der Waals surface area contributed by atoms with E-state index in [1.165, 1.54) is 12.8 Å². The number of hydrogen-bond acceptors (Lipinski definition) is 5. The number of anilines is 1. The second-order valence-electron chi connectivity index (χ2n) is 6.74. The van der Waals surface area contributed by atoms with Gasteiger partial charge in [0.05, 0.1) is 11.4 Å². The Kier molecular flexibility index (Phi) is 4.06. The van der Waals surface area contributed by atoms with Crippen molar-refractivity contribution >= 4 is 5.95 Å². The summed E-state index contributed by atoms with van der Waals surface area (Å²) in [6, 6.07) is 6.12. The average molecular weight is 325 g/mol. The molecule has 2 aromatic rings. The highest BCUT2D eigenvalue weighted by molar-refractivity contribution is 5.35. The molecule has 0 atom stereocenters. The molecule has 0 unspecified atom stereocenters. The zero-order valence-corrected chi connectivity index (χ0v) is 14.1. The predicted molar refractivity (Wildman–Crippen MR) is 93.1 cm³/mol. The molecule has 4 heterocycles. The normalized spacial score (nSPS) is 18.0. The van der Waals surface area contributed by atoms with Crippen molar-refractivity contribution in [3.05, 3.63) is 51.2 Å².